The van der Waals surface area contributed by atoms with Gasteiger partial charge in [-0.2, -0.15) is 0 Å². The SMILES string of the molecule is COC(=O)N[C@@H](Cc1ccc(N)cc1)C(=O)O. The number of hydrogen-bond acceptors (Lipinski definition) is 4. The van der Waals surface area contributed by atoms with E-state index < -0.39 is 18.1 Å². The summed E-state index contributed by atoms with van der Waals surface area (Å²) in [5.41, 5.74) is 6.88. The van der Waals surface area contributed by atoms with Crippen LogP contribution >= 0.6 is 0 Å². The molecule has 0 unspecified atom stereocenters. The van der Waals surface area contributed by atoms with Gasteiger partial charge in [-0.25, -0.2) is 9.59 Å². The quantitative estimate of drug-likeness (QED) is 0.667. The van der Waals surface area contributed by atoms with E-state index in [0.717, 1.165) is 5.56 Å². The molecule has 0 bridgehead atoms. The van der Waals surface area contributed by atoms with Crippen molar-refractivity contribution in [3.05, 3.63) is 29.8 Å². The maximum atomic E-state index is 11.0. The van der Waals surface area contributed by atoms with Crippen LogP contribution in [0, 0.1) is 0 Å². The smallest absolute Gasteiger partial charge is 0.407 e. The molecule has 92 valence electrons. The molecule has 1 amide bonds. The first-order valence-electron chi connectivity index (χ1n) is 4.94. The highest BCUT2D eigenvalue weighted by Gasteiger charge is 2.20. The average molecular weight is 238 g/mol. The average Bonchev–Trinajstić information content (AvgIpc) is 2.30. The molecule has 0 saturated heterocycles. The lowest BCUT2D eigenvalue weighted by atomic mass is 10.1. The highest BCUT2D eigenvalue weighted by molar-refractivity contribution is 5.80. The minimum absolute atomic E-state index is 0.171. The third-order valence-electron chi connectivity index (χ3n) is 2.20. The zero-order chi connectivity index (χ0) is 12.8. The van der Waals surface area contributed by atoms with Crippen LogP contribution in [0.4, 0.5) is 10.5 Å². The van der Waals surface area contributed by atoms with Crippen molar-refractivity contribution >= 4 is 17.7 Å². The molecule has 1 atom stereocenters. The Kier molecular flexibility index (Phi) is 4.33. The minimum atomic E-state index is -1.12. The maximum absolute atomic E-state index is 11.0. The van der Waals surface area contributed by atoms with Crippen molar-refractivity contribution in [1.82, 2.24) is 5.32 Å². The van der Waals surface area contributed by atoms with Gasteiger partial charge in [-0.3, -0.25) is 0 Å². The first-order chi connectivity index (χ1) is 8.02. The highest BCUT2D eigenvalue weighted by Crippen LogP contribution is 2.08. The standard InChI is InChI=1S/C11H14N2O4/c1-17-11(16)13-9(10(14)15)6-7-2-4-8(12)5-3-7/h2-5,9H,6,12H2,1H3,(H,13,16)(H,14,15)/t9-/m0/s1. The van der Waals surface area contributed by atoms with Crippen molar-refractivity contribution in [3.63, 3.8) is 0 Å². The number of methoxy groups -OCH3 is 1. The molecule has 4 N–H and O–H groups in total. The summed E-state index contributed by atoms with van der Waals surface area (Å²) in [6.45, 7) is 0. The number of nitrogens with one attached hydrogen (secondary N) is 1. The number of nitrogen functional groups attached to an aromatic ring is 1. The molecule has 0 spiro atoms. The number of alkyl carbamates (subject to hydrolysis) is 1. The van der Waals surface area contributed by atoms with Gasteiger partial charge in [-0.15, -0.1) is 0 Å². The largest absolute Gasteiger partial charge is 0.480 e. The number of nitrogens with two attached hydrogens (primary N) is 1. The second kappa shape index (κ2) is 5.74. The van der Waals surface area contributed by atoms with Crippen molar-refractivity contribution < 1.29 is 19.4 Å². The summed E-state index contributed by atoms with van der Waals surface area (Å²) in [6, 6.07) is 5.75. The fraction of sp³-hybridized carbons (Fsp3) is 0.273. The van der Waals surface area contributed by atoms with Crippen LogP contribution in [-0.2, 0) is 16.0 Å². The van der Waals surface area contributed by atoms with Gasteiger partial charge in [-0.05, 0) is 17.7 Å². The van der Waals surface area contributed by atoms with Gasteiger partial charge in [0.1, 0.15) is 6.04 Å². The predicted octanol–water partition coefficient (Wildman–Crippen LogP) is 0.620. The summed E-state index contributed by atoms with van der Waals surface area (Å²) in [6.07, 6.45) is -0.599. The van der Waals surface area contributed by atoms with Crippen LogP contribution in [0.1, 0.15) is 5.56 Å². The van der Waals surface area contributed by atoms with Crippen molar-refractivity contribution in [2.45, 2.75) is 12.5 Å². The summed E-state index contributed by atoms with van der Waals surface area (Å²) < 4.78 is 4.35. The Morgan fingerprint density at radius 1 is 1.41 bits per heavy atom. The van der Waals surface area contributed by atoms with Gasteiger partial charge in [0, 0.05) is 12.1 Å². The van der Waals surface area contributed by atoms with Crippen LogP contribution in [0.25, 0.3) is 0 Å². The van der Waals surface area contributed by atoms with E-state index in [9.17, 15) is 9.59 Å². The monoisotopic (exact) mass is 238 g/mol. The van der Waals surface area contributed by atoms with Gasteiger partial charge in [0.15, 0.2) is 0 Å². The number of amides is 1. The van der Waals surface area contributed by atoms with Crippen LogP contribution < -0.4 is 11.1 Å². The minimum Gasteiger partial charge on any atom is -0.480 e. The number of carbonyl (C=O) groups excluding carboxylic acids is 1. The fourth-order valence-electron chi connectivity index (χ4n) is 1.29. The van der Waals surface area contributed by atoms with Crippen molar-refractivity contribution in [1.29, 1.82) is 0 Å². The molecule has 0 aliphatic heterocycles. The summed E-state index contributed by atoms with van der Waals surface area (Å²) >= 11 is 0. The Bertz CT molecular complexity index is 402. The molecule has 1 rings (SSSR count). The molecule has 0 radical (unpaired) electrons. The lowest BCUT2D eigenvalue weighted by Gasteiger charge is -2.13. The van der Waals surface area contributed by atoms with Gasteiger partial charge < -0.3 is 20.9 Å². The number of carboxylic acids is 1. The zero-order valence-corrected chi connectivity index (χ0v) is 9.34. The molecule has 0 aliphatic carbocycles. The number of rotatable bonds is 4. The molecule has 0 saturated carbocycles. The molecule has 0 heterocycles. The van der Waals surface area contributed by atoms with Crippen LogP contribution in [-0.4, -0.2) is 30.3 Å². The Labute approximate surface area is 98.4 Å². The number of anilines is 1. The zero-order valence-electron chi connectivity index (χ0n) is 9.34. The molecule has 6 nitrogen and oxygen atoms in total. The summed E-state index contributed by atoms with van der Waals surface area (Å²) in [5.74, 6) is -1.12. The highest BCUT2D eigenvalue weighted by atomic mass is 16.5. The molecule has 1 aromatic rings. The molecular weight excluding hydrogens is 224 g/mol. The van der Waals surface area contributed by atoms with Crippen LogP contribution in [0.2, 0.25) is 0 Å². The third-order valence-corrected chi connectivity index (χ3v) is 2.20. The number of ether oxygens (including phenoxy) is 1. The second-order valence-corrected chi connectivity index (χ2v) is 3.47. The van der Waals surface area contributed by atoms with Gasteiger partial charge in [-0.1, -0.05) is 12.1 Å². The van der Waals surface area contributed by atoms with Gasteiger partial charge in [0.2, 0.25) is 0 Å². The van der Waals surface area contributed by atoms with Gasteiger partial charge >= 0.3 is 12.1 Å². The summed E-state index contributed by atoms with van der Waals surface area (Å²) in [5, 5.41) is 11.2. The topological polar surface area (TPSA) is 102 Å². The van der Waals surface area contributed by atoms with Gasteiger partial charge in [0.25, 0.3) is 0 Å². The number of benzene rings is 1. The van der Waals surface area contributed by atoms with E-state index >= 15 is 0 Å². The van der Waals surface area contributed by atoms with E-state index in [2.05, 4.69) is 10.1 Å². The van der Waals surface area contributed by atoms with E-state index in [4.69, 9.17) is 10.8 Å². The molecule has 1 aromatic carbocycles. The Morgan fingerprint density at radius 2 is 2.00 bits per heavy atom. The Morgan fingerprint density at radius 3 is 2.47 bits per heavy atom. The molecule has 6 heteroatoms. The molecule has 17 heavy (non-hydrogen) atoms. The summed E-state index contributed by atoms with van der Waals surface area (Å²) in [7, 11) is 1.18. The molecular formula is C11H14N2O4. The van der Waals surface area contributed by atoms with Crippen molar-refractivity contribution in [2.24, 2.45) is 0 Å². The summed E-state index contributed by atoms with van der Waals surface area (Å²) in [4.78, 5) is 21.9. The Balaban J connectivity index is 2.70. The van der Waals surface area contributed by atoms with Gasteiger partial charge in [0.05, 0.1) is 7.11 Å². The first kappa shape index (κ1) is 12.8. The normalized spacial score (nSPS) is 11.6. The van der Waals surface area contributed by atoms with E-state index in [1.54, 1.807) is 24.3 Å². The number of hydrogen-bond donors (Lipinski definition) is 3. The van der Waals surface area contributed by atoms with Crippen LogP contribution in [0.5, 0.6) is 0 Å². The molecule has 0 fully saturated rings. The van der Waals surface area contributed by atoms with Crippen molar-refractivity contribution in [3.8, 4) is 0 Å². The predicted molar refractivity (Wildman–Crippen MR) is 61.5 cm³/mol. The molecule has 0 aromatic heterocycles. The maximum Gasteiger partial charge on any atom is 0.407 e. The van der Waals surface area contributed by atoms with E-state index in [0.29, 0.717) is 5.69 Å². The second-order valence-electron chi connectivity index (χ2n) is 3.47. The Hall–Kier alpha value is -2.24. The van der Waals surface area contributed by atoms with Crippen LogP contribution in [0.15, 0.2) is 24.3 Å². The number of aliphatic carboxylic acids is 1. The lowest BCUT2D eigenvalue weighted by molar-refractivity contribution is -0.139. The van der Waals surface area contributed by atoms with E-state index in [1.165, 1.54) is 7.11 Å². The van der Waals surface area contributed by atoms with E-state index in [-0.39, 0.29) is 6.42 Å². The number of carbonyl (C=O) groups is 2. The van der Waals surface area contributed by atoms with Crippen LogP contribution in [0.3, 0.4) is 0 Å². The first-order valence-corrected chi connectivity index (χ1v) is 4.94. The van der Waals surface area contributed by atoms with Crippen molar-refractivity contribution in [2.75, 3.05) is 12.8 Å². The number of carboxylic acid groups (broad SMARTS) is 1. The lowest BCUT2D eigenvalue weighted by Crippen LogP contribution is -2.42. The third kappa shape index (κ3) is 4.02. The fourth-order valence-corrected chi connectivity index (χ4v) is 1.29. The molecule has 0 aliphatic rings. The van der Waals surface area contributed by atoms with E-state index in [1.807, 2.05) is 0 Å².